The molecule has 0 spiro atoms. The van der Waals surface area contributed by atoms with Gasteiger partial charge in [-0.05, 0) is 53.0 Å². The molecule has 104 valence electrons. The number of hydrogen-bond acceptors (Lipinski definition) is 3. The van der Waals surface area contributed by atoms with Crippen LogP contribution in [0.25, 0.3) is 0 Å². The van der Waals surface area contributed by atoms with Crippen molar-refractivity contribution in [3.8, 4) is 0 Å². The maximum Gasteiger partial charge on any atom is 0.155 e. The molecule has 0 aromatic heterocycles. The second-order valence-electron chi connectivity index (χ2n) is 5.63. The Kier molecular flexibility index (Phi) is 7.33. The van der Waals surface area contributed by atoms with E-state index >= 15 is 0 Å². The van der Waals surface area contributed by atoms with E-state index < -0.39 is 14.6 Å². The van der Waals surface area contributed by atoms with E-state index in [-0.39, 0.29) is 0 Å². The van der Waals surface area contributed by atoms with E-state index in [1.54, 1.807) is 20.8 Å². The van der Waals surface area contributed by atoms with Crippen LogP contribution in [0.4, 0.5) is 0 Å². The molecule has 0 aromatic rings. The molecule has 0 heterocycles. The third kappa shape index (κ3) is 6.41. The first-order valence-electron chi connectivity index (χ1n) is 6.70. The van der Waals surface area contributed by atoms with Gasteiger partial charge in [0.05, 0.1) is 10.5 Å². The second kappa shape index (κ2) is 7.37. The zero-order valence-electron chi connectivity index (χ0n) is 12.0. The highest BCUT2D eigenvalue weighted by molar-refractivity contribution is 7.92. The van der Waals surface area contributed by atoms with Crippen LogP contribution in [0.1, 0.15) is 60.3 Å². The molecule has 0 rings (SSSR count). The monoisotopic (exact) mass is 263 g/mol. The predicted octanol–water partition coefficient (Wildman–Crippen LogP) is 2.76. The van der Waals surface area contributed by atoms with Crippen molar-refractivity contribution in [3.05, 3.63) is 0 Å². The van der Waals surface area contributed by atoms with Crippen LogP contribution in [-0.4, -0.2) is 31.5 Å². The molecule has 0 amide bonds. The van der Waals surface area contributed by atoms with Gasteiger partial charge in [0.25, 0.3) is 0 Å². The fourth-order valence-electron chi connectivity index (χ4n) is 1.62. The molecule has 4 heteroatoms. The summed E-state index contributed by atoms with van der Waals surface area (Å²) in [6, 6.07) is 0.463. The molecule has 0 aliphatic rings. The second-order valence-corrected chi connectivity index (χ2v) is 8.50. The van der Waals surface area contributed by atoms with E-state index in [1.807, 2.05) is 0 Å². The lowest BCUT2D eigenvalue weighted by Gasteiger charge is -2.21. The Hall–Kier alpha value is -0.0900. The molecule has 0 aromatic carbocycles. The average molecular weight is 263 g/mol. The van der Waals surface area contributed by atoms with Crippen molar-refractivity contribution in [1.82, 2.24) is 5.32 Å². The van der Waals surface area contributed by atoms with Gasteiger partial charge in [0.2, 0.25) is 0 Å². The molecule has 0 fully saturated rings. The highest BCUT2D eigenvalue weighted by Crippen LogP contribution is 2.17. The summed E-state index contributed by atoms with van der Waals surface area (Å²) in [6.45, 7) is 10.6. The fraction of sp³-hybridized carbons (Fsp3) is 1.00. The fourth-order valence-corrected chi connectivity index (χ4v) is 2.78. The van der Waals surface area contributed by atoms with Crippen LogP contribution < -0.4 is 5.32 Å². The molecular formula is C13H29NO2S. The van der Waals surface area contributed by atoms with Crippen LogP contribution in [-0.2, 0) is 9.84 Å². The molecule has 0 aliphatic heterocycles. The van der Waals surface area contributed by atoms with Crippen LogP contribution in [0.3, 0.4) is 0 Å². The molecule has 17 heavy (non-hydrogen) atoms. The molecule has 1 unspecified atom stereocenters. The maximum absolute atomic E-state index is 11.9. The molecule has 0 saturated heterocycles. The summed E-state index contributed by atoms with van der Waals surface area (Å²) in [5, 5.41) is 3.45. The molecular weight excluding hydrogens is 234 g/mol. The van der Waals surface area contributed by atoms with Gasteiger partial charge in [-0.1, -0.05) is 13.8 Å². The molecule has 1 atom stereocenters. The van der Waals surface area contributed by atoms with E-state index in [1.165, 1.54) is 0 Å². The first kappa shape index (κ1) is 16.9. The SMILES string of the molecule is CCCNC(CC)CCCS(=O)(=O)C(C)(C)C. The molecule has 0 radical (unpaired) electrons. The lowest BCUT2D eigenvalue weighted by molar-refractivity contribution is 0.461. The minimum absolute atomic E-state index is 0.306. The standard InChI is InChI=1S/C13H29NO2S/c1-6-10-14-12(7-2)9-8-11-17(15,16)13(3,4)5/h12,14H,6-11H2,1-5H3. The van der Waals surface area contributed by atoms with Gasteiger partial charge in [-0.25, -0.2) is 8.42 Å². The van der Waals surface area contributed by atoms with Crippen molar-refractivity contribution < 1.29 is 8.42 Å². The van der Waals surface area contributed by atoms with Crippen LogP contribution in [0.15, 0.2) is 0 Å². The quantitative estimate of drug-likeness (QED) is 0.732. The summed E-state index contributed by atoms with van der Waals surface area (Å²) in [4.78, 5) is 0. The zero-order valence-corrected chi connectivity index (χ0v) is 12.9. The third-order valence-electron chi connectivity index (χ3n) is 3.07. The summed E-state index contributed by atoms with van der Waals surface area (Å²) in [5.74, 6) is 0.306. The van der Waals surface area contributed by atoms with Crippen molar-refractivity contribution in [2.24, 2.45) is 0 Å². The molecule has 0 saturated carbocycles. The van der Waals surface area contributed by atoms with Crippen LogP contribution >= 0.6 is 0 Å². The molecule has 0 aliphatic carbocycles. The minimum atomic E-state index is -2.95. The smallest absolute Gasteiger partial charge is 0.155 e. The van der Waals surface area contributed by atoms with Crippen molar-refractivity contribution >= 4 is 9.84 Å². The van der Waals surface area contributed by atoms with E-state index in [9.17, 15) is 8.42 Å². The summed E-state index contributed by atoms with van der Waals surface area (Å²) in [7, 11) is -2.95. The summed E-state index contributed by atoms with van der Waals surface area (Å²) in [6.07, 6.45) is 3.90. The number of sulfone groups is 1. The largest absolute Gasteiger partial charge is 0.314 e. The van der Waals surface area contributed by atoms with E-state index in [0.717, 1.165) is 32.2 Å². The lowest BCUT2D eigenvalue weighted by Crippen LogP contribution is -2.32. The van der Waals surface area contributed by atoms with Crippen molar-refractivity contribution in [1.29, 1.82) is 0 Å². The Morgan fingerprint density at radius 1 is 1.18 bits per heavy atom. The van der Waals surface area contributed by atoms with Crippen LogP contribution in [0, 0.1) is 0 Å². The zero-order chi connectivity index (χ0) is 13.5. The molecule has 3 nitrogen and oxygen atoms in total. The van der Waals surface area contributed by atoms with Crippen molar-refractivity contribution in [2.75, 3.05) is 12.3 Å². The van der Waals surface area contributed by atoms with Crippen LogP contribution in [0.2, 0.25) is 0 Å². The van der Waals surface area contributed by atoms with Gasteiger partial charge in [-0.3, -0.25) is 0 Å². The topological polar surface area (TPSA) is 46.2 Å². The van der Waals surface area contributed by atoms with Gasteiger partial charge in [-0.2, -0.15) is 0 Å². The van der Waals surface area contributed by atoms with E-state index in [0.29, 0.717) is 11.8 Å². The summed E-state index contributed by atoms with van der Waals surface area (Å²) < 4.78 is 23.2. The van der Waals surface area contributed by atoms with Gasteiger partial charge in [-0.15, -0.1) is 0 Å². The van der Waals surface area contributed by atoms with Gasteiger partial charge in [0.15, 0.2) is 9.84 Å². The van der Waals surface area contributed by atoms with Crippen molar-refractivity contribution in [2.45, 2.75) is 71.1 Å². The molecule has 0 bridgehead atoms. The Balaban J connectivity index is 4.05. The number of rotatable bonds is 8. The number of hydrogen-bond donors (Lipinski definition) is 1. The molecule has 1 N–H and O–H groups in total. The van der Waals surface area contributed by atoms with Crippen molar-refractivity contribution in [3.63, 3.8) is 0 Å². The minimum Gasteiger partial charge on any atom is -0.314 e. The van der Waals surface area contributed by atoms with Crippen LogP contribution in [0.5, 0.6) is 0 Å². The maximum atomic E-state index is 11.9. The Morgan fingerprint density at radius 2 is 1.76 bits per heavy atom. The predicted molar refractivity (Wildman–Crippen MR) is 75.1 cm³/mol. The van der Waals surface area contributed by atoms with Gasteiger partial charge in [0.1, 0.15) is 0 Å². The van der Waals surface area contributed by atoms with Gasteiger partial charge >= 0.3 is 0 Å². The van der Waals surface area contributed by atoms with E-state index in [2.05, 4.69) is 19.2 Å². The Bertz CT molecular complexity index is 291. The average Bonchev–Trinajstić information content (AvgIpc) is 2.21. The summed E-state index contributed by atoms with van der Waals surface area (Å²) in [5.41, 5.74) is 0. The normalized spacial score (nSPS) is 14.9. The highest BCUT2D eigenvalue weighted by Gasteiger charge is 2.28. The Labute approximate surface area is 107 Å². The first-order chi connectivity index (χ1) is 7.74. The lowest BCUT2D eigenvalue weighted by atomic mass is 10.1. The van der Waals surface area contributed by atoms with Gasteiger partial charge in [0, 0.05) is 6.04 Å². The highest BCUT2D eigenvalue weighted by atomic mass is 32.2. The first-order valence-corrected chi connectivity index (χ1v) is 8.35. The number of nitrogens with one attached hydrogen (secondary N) is 1. The van der Waals surface area contributed by atoms with E-state index in [4.69, 9.17) is 0 Å². The Morgan fingerprint density at radius 3 is 2.18 bits per heavy atom. The third-order valence-corrected chi connectivity index (χ3v) is 5.77. The van der Waals surface area contributed by atoms with Gasteiger partial charge < -0.3 is 5.32 Å². The summed E-state index contributed by atoms with van der Waals surface area (Å²) >= 11 is 0.